The number of amides is 1. The molecular weight excluding hydrogens is 493 g/mol. The second kappa shape index (κ2) is 10.5. The number of nitrogens with one attached hydrogen (secondary N) is 2. The zero-order valence-corrected chi connectivity index (χ0v) is 19.3. The molecule has 0 saturated heterocycles. The third kappa shape index (κ3) is 6.49. The minimum absolute atomic E-state index is 0.0184. The number of rotatable bonds is 8. The first-order valence-corrected chi connectivity index (χ1v) is 11.7. The lowest BCUT2D eigenvalue weighted by atomic mass is 10.1. The summed E-state index contributed by atoms with van der Waals surface area (Å²) in [5, 5.41) is 2.61. The SMILES string of the molecule is COc1ccc(Cl)cc1S(=O)(=O)N[C@H](Cc1ccccc1)C(=O)Nc1ccc(C(F)(F)F)cc1. The molecule has 0 aliphatic carbocycles. The van der Waals surface area contributed by atoms with Crippen LogP contribution in [-0.4, -0.2) is 27.5 Å². The van der Waals surface area contributed by atoms with E-state index in [1.807, 2.05) is 0 Å². The molecular formula is C23H20ClF3N2O4S. The van der Waals surface area contributed by atoms with Crippen molar-refractivity contribution in [1.82, 2.24) is 4.72 Å². The molecule has 1 amide bonds. The Hall–Kier alpha value is -3.08. The molecule has 0 saturated carbocycles. The summed E-state index contributed by atoms with van der Waals surface area (Å²) in [7, 11) is -2.98. The smallest absolute Gasteiger partial charge is 0.416 e. The normalized spacial score (nSPS) is 12.7. The molecule has 0 heterocycles. The zero-order chi connectivity index (χ0) is 24.9. The Bertz CT molecular complexity index is 1250. The molecule has 3 aromatic rings. The van der Waals surface area contributed by atoms with Crippen LogP contribution < -0.4 is 14.8 Å². The maximum atomic E-state index is 13.1. The second-order valence-corrected chi connectivity index (χ2v) is 9.34. The van der Waals surface area contributed by atoms with Crippen LogP contribution >= 0.6 is 11.6 Å². The van der Waals surface area contributed by atoms with E-state index in [9.17, 15) is 26.4 Å². The minimum Gasteiger partial charge on any atom is -0.495 e. The zero-order valence-electron chi connectivity index (χ0n) is 17.8. The van der Waals surface area contributed by atoms with Gasteiger partial charge in [0.05, 0.1) is 12.7 Å². The van der Waals surface area contributed by atoms with Gasteiger partial charge in [-0.3, -0.25) is 4.79 Å². The molecule has 0 bridgehead atoms. The van der Waals surface area contributed by atoms with Crippen LogP contribution in [0.25, 0.3) is 0 Å². The van der Waals surface area contributed by atoms with Crippen molar-refractivity contribution < 1.29 is 31.1 Å². The summed E-state index contributed by atoms with van der Waals surface area (Å²) in [6.07, 6.45) is -4.54. The van der Waals surface area contributed by atoms with Crippen molar-refractivity contribution in [1.29, 1.82) is 0 Å². The van der Waals surface area contributed by atoms with E-state index in [0.29, 0.717) is 5.56 Å². The van der Waals surface area contributed by atoms with Crippen LogP contribution in [0.2, 0.25) is 5.02 Å². The lowest BCUT2D eigenvalue weighted by molar-refractivity contribution is -0.137. The van der Waals surface area contributed by atoms with E-state index >= 15 is 0 Å². The van der Waals surface area contributed by atoms with E-state index in [4.69, 9.17) is 16.3 Å². The van der Waals surface area contributed by atoms with E-state index in [0.717, 1.165) is 24.3 Å². The first kappa shape index (κ1) is 25.5. The summed E-state index contributed by atoms with van der Waals surface area (Å²) < 4.78 is 72.1. The number of benzene rings is 3. The maximum absolute atomic E-state index is 13.1. The van der Waals surface area contributed by atoms with Gasteiger partial charge in [0.2, 0.25) is 15.9 Å². The first-order valence-electron chi connectivity index (χ1n) is 9.87. The van der Waals surface area contributed by atoms with E-state index < -0.39 is 33.7 Å². The van der Waals surface area contributed by atoms with Gasteiger partial charge in [-0.15, -0.1) is 0 Å². The minimum atomic E-state index is -4.52. The van der Waals surface area contributed by atoms with E-state index in [1.54, 1.807) is 30.3 Å². The molecule has 6 nitrogen and oxygen atoms in total. The van der Waals surface area contributed by atoms with Crippen molar-refractivity contribution in [3.8, 4) is 5.75 Å². The number of methoxy groups -OCH3 is 1. The Morgan fingerprint density at radius 1 is 1.03 bits per heavy atom. The Morgan fingerprint density at radius 3 is 2.26 bits per heavy atom. The average Bonchev–Trinajstić information content (AvgIpc) is 2.79. The van der Waals surface area contributed by atoms with Gasteiger partial charge in [0.15, 0.2) is 0 Å². The molecule has 0 spiro atoms. The number of hydrogen-bond donors (Lipinski definition) is 2. The van der Waals surface area contributed by atoms with E-state index in [2.05, 4.69) is 10.0 Å². The van der Waals surface area contributed by atoms with Crippen LogP contribution in [0.5, 0.6) is 5.75 Å². The quantitative estimate of drug-likeness (QED) is 0.450. The summed E-state index contributed by atoms with van der Waals surface area (Å²) in [5.41, 5.74) is -0.133. The Kier molecular flexibility index (Phi) is 7.86. The van der Waals surface area contributed by atoms with Gasteiger partial charge in [-0.2, -0.15) is 17.9 Å². The highest BCUT2D eigenvalue weighted by Gasteiger charge is 2.31. The van der Waals surface area contributed by atoms with Crippen LogP contribution in [0.1, 0.15) is 11.1 Å². The number of alkyl halides is 3. The van der Waals surface area contributed by atoms with Gasteiger partial charge < -0.3 is 10.1 Å². The Morgan fingerprint density at radius 2 is 1.68 bits per heavy atom. The summed E-state index contributed by atoms with van der Waals surface area (Å²) in [6.45, 7) is 0. The fraction of sp³-hybridized carbons (Fsp3) is 0.174. The highest BCUT2D eigenvalue weighted by Crippen LogP contribution is 2.30. The largest absolute Gasteiger partial charge is 0.495 e. The molecule has 0 aliphatic heterocycles. The topological polar surface area (TPSA) is 84.5 Å². The average molecular weight is 513 g/mol. The lowest BCUT2D eigenvalue weighted by Gasteiger charge is -2.20. The Balaban J connectivity index is 1.89. The Labute approximate surface area is 199 Å². The van der Waals surface area contributed by atoms with Crippen LogP contribution in [-0.2, 0) is 27.4 Å². The summed E-state index contributed by atoms with van der Waals surface area (Å²) in [5.74, 6) is -0.730. The van der Waals surface area contributed by atoms with Gasteiger partial charge in [-0.05, 0) is 54.4 Å². The number of hydrogen-bond acceptors (Lipinski definition) is 4. The predicted octanol–water partition coefficient (Wildman–Crippen LogP) is 4.90. The monoisotopic (exact) mass is 512 g/mol. The predicted molar refractivity (Wildman–Crippen MR) is 122 cm³/mol. The molecule has 1 atom stereocenters. The molecule has 0 fully saturated rings. The van der Waals surface area contributed by atoms with Crippen molar-refractivity contribution in [2.75, 3.05) is 12.4 Å². The van der Waals surface area contributed by atoms with Gasteiger partial charge in [-0.25, -0.2) is 8.42 Å². The highest BCUT2D eigenvalue weighted by atomic mass is 35.5. The third-order valence-electron chi connectivity index (χ3n) is 4.79. The second-order valence-electron chi connectivity index (χ2n) is 7.22. The van der Waals surface area contributed by atoms with Crippen molar-refractivity contribution in [2.45, 2.75) is 23.5 Å². The standard InChI is InChI=1S/C23H20ClF3N2O4S/c1-33-20-12-9-17(24)14-21(20)34(31,32)29-19(13-15-5-3-2-4-6-15)22(30)28-18-10-7-16(8-11-18)23(25,26)27/h2-12,14,19,29H,13H2,1H3,(H,28,30)/t19-/m1/s1. The summed E-state index contributed by atoms with van der Waals surface area (Å²) in [6, 6.07) is 15.2. The molecule has 0 unspecified atom stereocenters. The van der Waals surface area contributed by atoms with Crippen LogP contribution in [0, 0.1) is 0 Å². The number of sulfonamides is 1. The van der Waals surface area contributed by atoms with Gasteiger partial charge in [0.25, 0.3) is 0 Å². The lowest BCUT2D eigenvalue weighted by Crippen LogP contribution is -2.45. The molecule has 180 valence electrons. The molecule has 3 rings (SSSR count). The summed E-state index contributed by atoms with van der Waals surface area (Å²) in [4.78, 5) is 12.8. The third-order valence-corrected chi connectivity index (χ3v) is 6.52. The van der Waals surface area contributed by atoms with Crippen LogP contribution in [0.3, 0.4) is 0 Å². The number of carbonyl (C=O) groups excluding carboxylic acids is 1. The number of anilines is 1. The van der Waals surface area contributed by atoms with E-state index in [1.165, 1.54) is 25.3 Å². The molecule has 2 N–H and O–H groups in total. The van der Waals surface area contributed by atoms with Gasteiger partial charge in [-0.1, -0.05) is 41.9 Å². The highest BCUT2D eigenvalue weighted by molar-refractivity contribution is 7.89. The fourth-order valence-electron chi connectivity index (χ4n) is 3.12. The first-order chi connectivity index (χ1) is 16.0. The van der Waals surface area contributed by atoms with Crippen molar-refractivity contribution in [3.05, 3.63) is 88.9 Å². The van der Waals surface area contributed by atoms with Crippen molar-refractivity contribution in [2.24, 2.45) is 0 Å². The molecule has 3 aromatic carbocycles. The molecule has 11 heteroatoms. The van der Waals surface area contributed by atoms with Crippen molar-refractivity contribution >= 4 is 33.2 Å². The molecule has 0 aromatic heterocycles. The number of ether oxygens (including phenoxy) is 1. The van der Waals surface area contributed by atoms with Gasteiger partial charge in [0.1, 0.15) is 16.7 Å². The van der Waals surface area contributed by atoms with E-state index in [-0.39, 0.29) is 27.8 Å². The van der Waals surface area contributed by atoms with Gasteiger partial charge in [0, 0.05) is 10.7 Å². The van der Waals surface area contributed by atoms with Crippen LogP contribution in [0.4, 0.5) is 18.9 Å². The fourth-order valence-corrected chi connectivity index (χ4v) is 4.75. The molecule has 34 heavy (non-hydrogen) atoms. The van der Waals surface area contributed by atoms with Crippen molar-refractivity contribution in [3.63, 3.8) is 0 Å². The summed E-state index contributed by atoms with van der Waals surface area (Å²) >= 11 is 5.95. The van der Waals surface area contributed by atoms with Gasteiger partial charge >= 0.3 is 6.18 Å². The number of carbonyl (C=O) groups is 1. The van der Waals surface area contributed by atoms with Crippen LogP contribution in [0.15, 0.2) is 77.7 Å². The molecule has 0 radical (unpaired) electrons. The number of halogens is 4. The molecule has 0 aliphatic rings. The maximum Gasteiger partial charge on any atom is 0.416 e.